The van der Waals surface area contributed by atoms with Gasteiger partial charge in [-0.15, -0.1) is 0 Å². The third-order valence-electron chi connectivity index (χ3n) is 4.40. The maximum absolute atomic E-state index is 6.26. The molecular formula is C11H16O. The zero-order valence-corrected chi connectivity index (χ0v) is 7.57. The van der Waals surface area contributed by atoms with Crippen LogP contribution in [-0.2, 0) is 4.74 Å². The number of ether oxygens (including phenoxy) is 1. The van der Waals surface area contributed by atoms with E-state index in [9.17, 15) is 0 Å². The van der Waals surface area contributed by atoms with Crippen LogP contribution in [0.1, 0.15) is 51.4 Å². The van der Waals surface area contributed by atoms with Gasteiger partial charge in [0.15, 0.2) is 0 Å². The molecule has 0 atom stereocenters. The highest BCUT2D eigenvalue weighted by Crippen LogP contribution is 2.70. The molecule has 1 aliphatic heterocycles. The molecule has 0 unspecified atom stereocenters. The smallest absolute Gasteiger partial charge is 0.0697 e. The van der Waals surface area contributed by atoms with Crippen molar-refractivity contribution in [3.63, 3.8) is 0 Å². The standard InChI is InChI=1S/C11H16O/c1-2-9(1)7-10(3-4-10)12-11(8-9)5-6-11/h1-8H2. The highest BCUT2D eigenvalue weighted by molar-refractivity contribution is 5.17. The first kappa shape index (κ1) is 6.42. The lowest BCUT2D eigenvalue weighted by Crippen LogP contribution is -2.36. The van der Waals surface area contributed by atoms with Gasteiger partial charge in [-0.2, -0.15) is 0 Å². The van der Waals surface area contributed by atoms with Crippen molar-refractivity contribution in [2.75, 3.05) is 0 Å². The second-order valence-electron chi connectivity index (χ2n) is 5.82. The molecule has 0 radical (unpaired) electrons. The summed E-state index contributed by atoms with van der Waals surface area (Å²) in [6, 6.07) is 0. The Morgan fingerprint density at radius 1 is 0.667 bits per heavy atom. The van der Waals surface area contributed by atoms with Gasteiger partial charge in [0.2, 0.25) is 0 Å². The normalized spacial score (nSPS) is 42.0. The zero-order chi connectivity index (χ0) is 7.86. The minimum atomic E-state index is 0.422. The number of hydrogen-bond acceptors (Lipinski definition) is 1. The van der Waals surface area contributed by atoms with E-state index in [0.717, 1.165) is 5.41 Å². The fourth-order valence-corrected chi connectivity index (χ4v) is 3.33. The van der Waals surface area contributed by atoms with E-state index in [0.29, 0.717) is 11.2 Å². The van der Waals surface area contributed by atoms with Crippen LogP contribution in [0.15, 0.2) is 0 Å². The van der Waals surface area contributed by atoms with E-state index in [1.807, 2.05) is 0 Å². The van der Waals surface area contributed by atoms with Gasteiger partial charge < -0.3 is 4.74 Å². The predicted octanol–water partition coefficient (Wildman–Crippen LogP) is 2.64. The van der Waals surface area contributed by atoms with Crippen LogP contribution in [0.5, 0.6) is 0 Å². The molecule has 0 aromatic carbocycles. The van der Waals surface area contributed by atoms with Gasteiger partial charge >= 0.3 is 0 Å². The van der Waals surface area contributed by atoms with Gasteiger partial charge in [-0.3, -0.25) is 0 Å². The molecule has 3 saturated carbocycles. The first-order chi connectivity index (χ1) is 5.74. The van der Waals surface area contributed by atoms with Crippen molar-refractivity contribution in [3.05, 3.63) is 0 Å². The van der Waals surface area contributed by atoms with Crippen molar-refractivity contribution in [3.8, 4) is 0 Å². The fraction of sp³-hybridized carbons (Fsp3) is 1.00. The molecule has 0 N–H and O–H groups in total. The molecule has 3 spiro atoms. The van der Waals surface area contributed by atoms with Crippen LogP contribution in [-0.4, -0.2) is 11.2 Å². The Kier molecular flexibility index (Phi) is 0.800. The van der Waals surface area contributed by atoms with E-state index in [2.05, 4.69) is 0 Å². The van der Waals surface area contributed by atoms with Gasteiger partial charge in [0.25, 0.3) is 0 Å². The van der Waals surface area contributed by atoms with Gasteiger partial charge in [0, 0.05) is 0 Å². The van der Waals surface area contributed by atoms with E-state index in [-0.39, 0.29) is 0 Å². The molecule has 4 fully saturated rings. The lowest BCUT2D eigenvalue weighted by molar-refractivity contribution is -0.111. The van der Waals surface area contributed by atoms with Gasteiger partial charge in [-0.1, -0.05) is 0 Å². The fourth-order valence-electron chi connectivity index (χ4n) is 3.33. The van der Waals surface area contributed by atoms with Crippen molar-refractivity contribution < 1.29 is 4.74 Å². The van der Waals surface area contributed by atoms with Gasteiger partial charge in [0.1, 0.15) is 0 Å². The third-order valence-corrected chi connectivity index (χ3v) is 4.40. The molecule has 12 heavy (non-hydrogen) atoms. The second-order valence-corrected chi connectivity index (χ2v) is 5.82. The van der Waals surface area contributed by atoms with Crippen LogP contribution in [0.3, 0.4) is 0 Å². The lowest BCUT2D eigenvalue weighted by Gasteiger charge is -2.36. The summed E-state index contributed by atoms with van der Waals surface area (Å²) in [5.41, 5.74) is 1.64. The Bertz CT molecular complexity index is 189. The molecule has 0 aromatic rings. The first-order valence-corrected chi connectivity index (χ1v) is 5.44. The minimum absolute atomic E-state index is 0.422. The van der Waals surface area contributed by atoms with Gasteiger partial charge in [-0.25, -0.2) is 0 Å². The Hall–Kier alpha value is -0.0400. The molecule has 1 heterocycles. The van der Waals surface area contributed by atoms with Gasteiger partial charge in [0.05, 0.1) is 11.2 Å². The van der Waals surface area contributed by atoms with Crippen molar-refractivity contribution in [2.45, 2.75) is 62.6 Å². The summed E-state index contributed by atoms with van der Waals surface area (Å²) in [6.45, 7) is 0. The molecule has 1 saturated heterocycles. The maximum Gasteiger partial charge on any atom is 0.0697 e. The molecule has 66 valence electrons. The molecule has 0 amide bonds. The lowest BCUT2D eigenvalue weighted by atomic mass is 9.86. The average Bonchev–Trinajstić information content (AvgIpc) is 2.87. The van der Waals surface area contributed by atoms with Crippen LogP contribution in [0.2, 0.25) is 0 Å². The predicted molar refractivity (Wildman–Crippen MR) is 45.9 cm³/mol. The summed E-state index contributed by atoms with van der Waals surface area (Å²) in [6.07, 6.45) is 11.4. The number of hydrogen-bond donors (Lipinski definition) is 0. The highest BCUT2D eigenvalue weighted by atomic mass is 16.5. The SMILES string of the molecule is C1CC12CC1(CC1)OC1(CC1)C2. The van der Waals surface area contributed by atoms with Crippen LogP contribution < -0.4 is 0 Å². The van der Waals surface area contributed by atoms with Crippen molar-refractivity contribution in [1.29, 1.82) is 0 Å². The van der Waals surface area contributed by atoms with Crippen molar-refractivity contribution in [1.82, 2.24) is 0 Å². The van der Waals surface area contributed by atoms with Crippen LogP contribution in [0.25, 0.3) is 0 Å². The Morgan fingerprint density at radius 2 is 1.17 bits per heavy atom. The molecule has 4 rings (SSSR count). The van der Waals surface area contributed by atoms with Gasteiger partial charge in [-0.05, 0) is 56.8 Å². The van der Waals surface area contributed by atoms with E-state index in [1.54, 1.807) is 0 Å². The third kappa shape index (κ3) is 0.736. The van der Waals surface area contributed by atoms with E-state index >= 15 is 0 Å². The van der Waals surface area contributed by atoms with Crippen LogP contribution >= 0.6 is 0 Å². The quantitative estimate of drug-likeness (QED) is 0.535. The molecule has 1 nitrogen and oxygen atoms in total. The van der Waals surface area contributed by atoms with E-state index in [1.165, 1.54) is 51.4 Å². The van der Waals surface area contributed by atoms with Crippen LogP contribution in [0.4, 0.5) is 0 Å². The summed E-state index contributed by atoms with van der Waals surface area (Å²) in [4.78, 5) is 0. The molecule has 4 aliphatic rings. The van der Waals surface area contributed by atoms with E-state index < -0.39 is 0 Å². The van der Waals surface area contributed by atoms with Crippen molar-refractivity contribution >= 4 is 0 Å². The average molecular weight is 164 g/mol. The first-order valence-electron chi connectivity index (χ1n) is 5.44. The molecule has 0 aromatic heterocycles. The maximum atomic E-state index is 6.26. The molecule has 1 heteroatoms. The zero-order valence-electron chi connectivity index (χ0n) is 7.57. The van der Waals surface area contributed by atoms with E-state index in [4.69, 9.17) is 4.74 Å². The summed E-state index contributed by atoms with van der Waals surface area (Å²) in [5.74, 6) is 0. The Morgan fingerprint density at radius 3 is 1.50 bits per heavy atom. The van der Waals surface area contributed by atoms with Crippen LogP contribution in [0, 0.1) is 5.41 Å². The summed E-state index contributed by atoms with van der Waals surface area (Å²) in [7, 11) is 0. The molecule has 3 aliphatic carbocycles. The molecule has 0 bridgehead atoms. The molecular weight excluding hydrogens is 148 g/mol. The van der Waals surface area contributed by atoms with Crippen molar-refractivity contribution in [2.24, 2.45) is 5.41 Å². The summed E-state index contributed by atoms with van der Waals surface area (Å²) < 4.78 is 6.26. The summed E-state index contributed by atoms with van der Waals surface area (Å²) >= 11 is 0. The largest absolute Gasteiger partial charge is 0.369 e. The minimum Gasteiger partial charge on any atom is -0.369 e. The Balaban J connectivity index is 1.70. The highest BCUT2D eigenvalue weighted by Gasteiger charge is 2.67. The summed E-state index contributed by atoms with van der Waals surface area (Å²) in [5, 5.41) is 0. The second kappa shape index (κ2) is 1.50. The topological polar surface area (TPSA) is 9.23 Å². The number of rotatable bonds is 0. The Labute approximate surface area is 73.5 Å². The monoisotopic (exact) mass is 164 g/mol.